The maximum atomic E-state index is 12.4. The number of ether oxygens (including phenoxy) is 3. The second kappa shape index (κ2) is 10.6. The predicted octanol–water partition coefficient (Wildman–Crippen LogP) is 4.50. The Kier molecular flexibility index (Phi) is 7.35. The first-order valence-corrected chi connectivity index (χ1v) is 11.0. The van der Waals surface area contributed by atoms with Crippen molar-refractivity contribution in [2.24, 2.45) is 5.92 Å². The predicted molar refractivity (Wildman–Crippen MR) is 128 cm³/mol. The molecule has 1 aliphatic rings. The average molecular weight is 483 g/mol. The number of hydrogen-bond acceptors (Lipinski definition) is 7. The molecule has 1 aliphatic carbocycles. The van der Waals surface area contributed by atoms with Crippen molar-refractivity contribution in [1.82, 2.24) is 0 Å². The Hall–Kier alpha value is -3.55. The van der Waals surface area contributed by atoms with Crippen molar-refractivity contribution in [3.8, 4) is 17.1 Å². The van der Waals surface area contributed by atoms with Gasteiger partial charge in [0, 0.05) is 18.1 Å². The van der Waals surface area contributed by atoms with Crippen LogP contribution in [0.2, 0.25) is 5.02 Å². The third-order valence-electron chi connectivity index (χ3n) is 5.30. The van der Waals surface area contributed by atoms with Crippen molar-refractivity contribution < 1.29 is 28.5 Å². The number of aliphatic hydroxyl groups excluding tert-OH is 1. The number of hydrogen-bond donors (Lipinski definition) is 1. The van der Waals surface area contributed by atoms with Gasteiger partial charge in [0.1, 0.15) is 30.8 Å². The molecule has 8 heteroatoms. The lowest BCUT2D eigenvalue weighted by Crippen LogP contribution is -2.24. The van der Waals surface area contributed by atoms with Gasteiger partial charge in [0.15, 0.2) is 11.0 Å². The summed E-state index contributed by atoms with van der Waals surface area (Å²) in [5.74, 6) is 0.808. The third kappa shape index (κ3) is 5.50. The Balaban J connectivity index is 1.32. The maximum absolute atomic E-state index is 12.4. The minimum Gasteiger partial charge on any atom is -0.495 e. The fourth-order valence-electron chi connectivity index (χ4n) is 3.51. The highest BCUT2D eigenvalue weighted by Gasteiger charge is 2.21. The standard InChI is InChI=1S/C26H23ClO7/c1-31-26(30)17-4-2-5-20(12-17)33-15-18(28)14-32-19-10-8-16(9-11-19)24-13-23(29)21-6-3-7-22(27)25(21)34-24/h2-11,13,17-18,28H,12,14-15H2,1H3. The quantitative estimate of drug-likeness (QED) is 0.472. The van der Waals surface area contributed by atoms with E-state index in [0.29, 0.717) is 45.2 Å². The molecule has 1 heterocycles. The first-order chi connectivity index (χ1) is 16.4. The van der Waals surface area contributed by atoms with Crippen LogP contribution < -0.4 is 10.2 Å². The van der Waals surface area contributed by atoms with E-state index in [1.807, 2.05) is 0 Å². The van der Waals surface area contributed by atoms with E-state index in [-0.39, 0.29) is 30.5 Å². The molecule has 1 aromatic heterocycles. The minimum atomic E-state index is -0.872. The zero-order chi connectivity index (χ0) is 24.1. The largest absolute Gasteiger partial charge is 0.495 e. The third-order valence-corrected chi connectivity index (χ3v) is 5.60. The molecule has 34 heavy (non-hydrogen) atoms. The molecule has 0 spiro atoms. The SMILES string of the molecule is COC(=O)C1C=CC=C(OCC(O)COc2ccc(-c3cc(=O)c4cccc(Cl)c4o3)cc2)C1. The van der Waals surface area contributed by atoms with E-state index in [2.05, 4.69) is 0 Å². The van der Waals surface area contributed by atoms with Crippen LogP contribution in [-0.2, 0) is 14.3 Å². The molecular weight excluding hydrogens is 460 g/mol. The van der Waals surface area contributed by atoms with Crippen LogP contribution in [0.25, 0.3) is 22.3 Å². The number of halogens is 1. The Bertz CT molecular complexity index is 1290. The Morgan fingerprint density at radius 2 is 1.94 bits per heavy atom. The molecule has 4 rings (SSSR count). The first-order valence-electron chi connectivity index (χ1n) is 10.7. The summed E-state index contributed by atoms with van der Waals surface area (Å²) >= 11 is 6.17. The van der Waals surface area contributed by atoms with Crippen LogP contribution in [0.4, 0.5) is 0 Å². The molecule has 0 bridgehead atoms. The van der Waals surface area contributed by atoms with Gasteiger partial charge in [-0.2, -0.15) is 0 Å². The summed E-state index contributed by atoms with van der Waals surface area (Å²) in [6.07, 6.45) is 4.75. The van der Waals surface area contributed by atoms with Crippen molar-refractivity contribution in [3.05, 3.63) is 87.8 Å². The number of benzene rings is 2. The zero-order valence-electron chi connectivity index (χ0n) is 18.4. The van der Waals surface area contributed by atoms with Crippen molar-refractivity contribution >= 4 is 28.5 Å². The van der Waals surface area contributed by atoms with Crippen molar-refractivity contribution in [2.45, 2.75) is 12.5 Å². The number of rotatable bonds is 8. The molecule has 2 aromatic carbocycles. The summed E-state index contributed by atoms with van der Waals surface area (Å²) in [6.45, 7) is 0.0399. The molecule has 0 fully saturated rings. The van der Waals surface area contributed by atoms with Crippen LogP contribution in [0.3, 0.4) is 0 Å². The fraction of sp³-hybridized carbons (Fsp3) is 0.231. The topological polar surface area (TPSA) is 95.2 Å². The van der Waals surface area contributed by atoms with E-state index in [1.165, 1.54) is 13.2 Å². The van der Waals surface area contributed by atoms with E-state index < -0.39 is 6.10 Å². The van der Waals surface area contributed by atoms with Gasteiger partial charge in [-0.1, -0.05) is 29.8 Å². The number of allylic oxidation sites excluding steroid dienone is 3. The summed E-state index contributed by atoms with van der Waals surface area (Å²) in [4.78, 5) is 24.1. The summed E-state index contributed by atoms with van der Waals surface area (Å²) in [7, 11) is 1.34. The number of carbonyl (C=O) groups excluding carboxylic acids is 1. The van der Waals surface area contributed by atoms with E-state index >= 15 is 0 Å². The van der Waals surface area contributed by atoms with Gasteiger partial charge in [-0.05, 0) is 42.5 Å². The number of aliphatic hydroxyl groups is 1. The second-order valence-electron chi connectivity index (χ2n) is 7.74. The molecule has 0 aliphatic heterocycles. The van der Waals surface area contributed by atoms with Gasteiger partial charge in [0.05, 0.1) is 29.2 Å². The molecule has 0 saturated carbocycles. The van der Waals surface area contributed by atoms with Gasteiger partial charge < -0.3 is 23.7 Å². The maximum Gasteiger partial charge on any atom is 0.312 e. The Morgan fingerprint density at radius 1 is 1.18 bits per heavy atom. The Labute approximate surface area is 200 Å². The lowest BCUT2D eigenvalue weighted by molar-refractivity contribution is -0.144. The van der Waals surface area contributed by atoms with Gasteiger partial charge in [0.2, 0.25) is 0 Å². The molecule has 7 nitrogen and oxygen atoms in total. The molecule has 2 atom stereocenters. The monoisotopic (exact) mass is 482 g/mol. The van der Waals surface area contributed by atoms with Crippen LogP contribution in [0.5, 0.6) is 5.75 Å². The van der Waals surface area contributed by atoms with Gasteiger partial charge in [-0.3, -0.25) is 9.59 Å². The summed E-state index contributed by atoms with van der Waals surface area (Å²) in [5, 5.41) is 11.0. The van der Waals surface area contributed by atoms with Crippen molar-refractivity contribution in [3.63, 3.8) is 0 Å². The first kappa shape index (κ1) is 23.6. The van der Waals surface area contributed by atoms with Crippen LogP contribution in [-0.4, -0.2) is 37.5 Å². The van der Waals surface area contributed by atoms with Crippen LogP contribution in [0.15, 0.2) is 81.7 Å². The van der Waals surface area contributed by atoms with Gasteiger partial charge >= 0.3 is 5.97 Å². The van der Waals surface area contributed by atoms with Crippen LogP contribution in [0, 0.1) is 5.92 Å². The second-order valence-corrected chi connectivity index (χ2v) is 8.15. The number of carbonyl (C=O) groups is 1. The molecule has 0 radical (unpaired) electrons. The van der Waals surface area contributed by atoms with Crippen LogP contribution >= 0.6 is 11.6 Å². The van der Waals surface area contributed by atoms with Gasteiger partial charge in [0.25, 0.3) is 0 Å². The molecule has 0 amide bonds. The van der Waals surface area contributed by atoms with Gasteiger partial charge in [-0.25, -0.2) is 0 Å². The highest BCUT2D eigenvalue weighted by atomic mass is 35.5. The molecule has 3 aromatic rings. The summed E-state index contributed by atoms with van der Waals surface area (Å²) in [6, 6.07) is 13.4. The smallest absolute Gasteiger partial charge is 0.312 e. The highest BCUT2D eigenvalue weighted by Crippen LogP contribution is 2.28. The summed E-state index contributed by atoms with van der Waals surface area (Å²) < 4.78 is 21.8. The number of methoxy groups -OCH3 is 1. The number of fused-ring (bicyclic) bond motifs is 1. The normalized spacial score (nSPS) is 16.1. The number of esters is 1. The fourth-order valence-corrected chi connectivity index (χ4v) is 3.73. The number of para-hydroxylation sites is 1. The molecule has 1 N–H and O–H groups in total. The van der Waals surface area contributed by atoms with Crippen LogP contribution in [0.1, 0.15) is 6.42 Å². The molecule has 0 saturated heterocycles. The average Bonchev–Trinajstić information content (AvgIpc) is 2.86. The van der Waals surface area contributed by atoms with E-state index in [0.717, 1.165) is 0 Å². The van der Waals surface area contributed by atoms with Crippen molar-refractivity contribution in [2.75, 3.05) is 20.3 Å². The van der Waals surface area contributed by atoms with E-state index in [4.69, 9.17) is 30.2 Å². The molecular formula is C26H23ClO7. The highest BCUT2D eigenvalue weighted by molar-refractivity contribution is 6.34. The van der Waals surface area contributed by atoms with E-state index in [9.17, 15) is 14.7 Å². The minimum absolute atomic E-state index is 0.0174. The lowest BCUT2D eigenvalue weighted by Gasteiger charge is -2.19. The molecule has 176 valence electrons. The van der Waals surface area contributed by atoms with E-state index in [1.54, 1.807) is 60.7 Å². The Morgan fingerprint density at radius 3 is 2.71 bits per heavy atom. The van der Waals surface area contributed by atoms with Crippen molar-refractivity contribution in [1.29, 1.82) is 0 Å². The summed E-state index contributed by atoms with van der Waals surface area (Å²) in [5.41, 5.74) is 0.855. The zero-order valence-corrected chi connectivity index (χ0v) is 19.2. The molecule has 2 unspecified atom stereocenters. The lowest BCUT2D eigenvalue weighted by atomic mass is 10.00. The van der Waals surface area contributed by atoms with Gasteiger partial charge in [-0.15, -0.1) is 0 Å².